The smallest absolute Gasteiger partial charge is 0.354 e. The van der Waals surface area contributed by atoms with E-state index < -0.39 is 27.7 Å². The Bertz CT molecular complexity index is 1280. The summed E-state index contributed by atoms with van der Waals surface area (Å²) in [7, 11) is -4.04. The molecule has 0 aliphatic rings. The first-order valence-corrected chi connectivity index (χ1v) is 11.8. The van der Waals surface area contributed by atoms with E-state index in [1.54, 1.807) is 45.9 Å². The maximum Gasteiger partial charge on any atom is 0.354 e. The summed E-state index contributed by atoms with van der Waals surface area (Å²) in [5.41, 5.74) is 0.920. The van der Waals surface area contributed by atoms with Crippen molar-refractivity contribution in [2.45, 2.75) is 51.7 Å². The number of carbonyl (C=O) groups excluding carboxylic acids is 2. The molecule has 3 rings (SSSR count). The Balaban J connectivity index is 1.98. The molecule has 8 nitrogen and oxygen atoms in total. The molecule has 0 amide bonds. The molecule has 0 spiro atoms. The van der Waals surface area contributed by atoms with Gasteiger partial charge in [-0.1, -0.05) is 17.7 Å². The van der Waals surface area contributed by atoms with Crippen LogP contribution in [-0.2, 0) is 30.9 Å². The first-order chi connectivity index (χ1) is 15.4. The first kappa shape index (κ1) is 24.3. The van der Waals surface area contributed by atoms with Gasteiger partial charge in [-0.05, 0) is 71.0 Å². The highest BCUT2D eigenvalue weighted by Crippen LogP contribution is 2.28. The Morgan fingerprint density at radius 3 is 2.27 bits per heavy atom. The SMILES string of the molecule is CCOC(=O)c1cc2cc(OS(=O)(=O)c3ccc(C)cc3)ccc2n1CC(=O)OC(C)(C)C. The van der Waals surface area contributed by atoms with Crippen LogP contribution in [0, 0.1) is 6.92 Å². The van der Waals surface area contributed by atoms with E-state index >= 15 is 0 Å². The molecule has 0 saturated carbocycles. The van der Waals surface area contributed by atoms with Crippen molar-refractivity contribution in [2.75, 3.05) is 6.61 Å². The van der Waals surface area contributed by atoms with Crippen molar-refractivity contribution < 1.29 is 31.7 Å². The van der Waals surface area contributed by atoms with Crippen molar-refractivity contribution in [3.63, 3.8) is 0 Å². The molecule has 2 aromatic carbocycles. The van der Waals surface area contributed by atoms with Crippen LogP contribution < -0.4 is 4.18 Å². The van der Waals surface area contributed by atoms with Crippen molar-refractivity contribution in [2.24, 2.45) is 0 Å². The molecule has 0 bridgehead atoms. The monoisotopic (exact) mass is 473 g/mol. The minimum absolute atomic E-state index is 0.0305. The van der Waals surface area contributed by atoms with Crippen LogP contribution in [0.3, 0.4) is 0 Å². The normalized spacial score (nSPS) is 11.9. The average Bonchev–Trinajstić information content (AvgIpc) is 3.04. The lowest BCUT2D eigenvalue weighted by Gasteiger charge is -2.20. The number of aryl methyl sites for hydroxylation is 1. The predicted molar refractivity (Wildman–Crippen MR) is 123 cm³/mol. The molecule has 1 aromatic heterocycles. The third-order valence-electron chi connectivity index (χ3n) is 4.58. The third-order valence-corrected chi connectivity index (χ3v) is 5.84. The number of ether oxygens (including phenoxy) is 2. The minimum atomic E-state index is -4.04. The molecule has 0 N–H and O–H groups in total. The van der Waals surface area contributed by atoms with E-state index in [4.69, 9.17) is 13.7 Å². The van der Waals surface area contributed by atoms with Gasteiger partial charge in [0.15, 0.2) is 0 Å². The quantitative estimate of drug-likeness (QED) is 0.374. The maximum absolute atomic E-state index is 12.6. The van der Waals surface area contributed by atoms with Crippen molar-refractivity contribution >= 4 is 33.0 Å². The summed E-state index contributed by atoms with van der Waals surface area (Å²) in [4.78, 5) is 25.0. The topological polar surface area (TPSA) is 101 Å². The van der Waals surface area contributed by atoms with E-state index in [-0.39, 0.29) is 29.5 Å². The summed E-state index contributed by atoms with van der Waals surface area (Å²) in [6, 6.07) is 12.4. The van der Waals surface area contributed by atoms with Gasteiger partial charge in [-0.3, -0.25) is 4.79 Å². The van der Waals surface area contributed by atoms with Gasteiger partial charge in [0, 0.05) is 10.9 Å². The van der Waals surface area contributed by atoms with Gasteiger partial charge in [-0.2, -0.15) is 8.42 Å². The molecule has 176 valence electrons. The summed E-state index contributed by atoms with van der Waals surface area (Å²) < 4.78 is 42.5. The second-order valence-corrected chi connectivity index (χ2v) is 10.0. The highest BCUT2D eigenvalue weighted by Gasteiger charge is 2.23. The van der Waals surface area contributed by atoms with Crippen molar-refractivity contribution in [3.05, 3.63) is 59.8 Å². The van der Waals surface area contributed by atoms with E-state index in [1.165, 1.54) is 34.9 Å². The Morgan fingerprint density at radius 1 is 1.00 bits per heavy atom. The van der Waals surface area contributed by atoms with E-state index in [9.17, 15) is 18.0 Å². The van der Waals surface area contributed by atoms with Crippen LogP contribution in [0.1, 0.15) is 43.7 Å². The second kappa shape index (κ2) is 9.27. The highest BCUT2D eigenvalue weighted by molar-refractivity contribution is 7.87. The Labute approximate surface area is 193 Å². The Morgan fingerprint density at radius 2 is 1.67 bits per heavy atom. The van der Waals surface area contributed by atoms with Crippen molar-refractivity contribution in [1.29, 1.82) is 0 Å². The van der Waals surface area contributed by atoms with Crippen LogP contribution in [-0.4, -0.2) is 37.1 Å². The Hall–Kier alpha value is -3.33. The summed E-state index contributed by atoms with van der Waals surface area (Å²) in [6.45, 7) is 8.75. The number of fused-ring (bicyclic) bond motifs is 1. The molecule has 1 heterocycles. The predicted octanol–water partition coefficient (Wildman–Crippen LogP) is 4.24. The zero-order valence-electron chi connectivity index (χ0n) is 19.2. The number of rotatable bonds is 7. The molecular formula is C24H27NO7S. The third kappa shape index (κ3) is 5.92. The maximum atomic E-state index is 12.6. The molecule has 3 aromatic rings. The number of nitrogens with zero attached hydrogens (tertiary/aromatic N) is 1. The van der Waals surface area contributed by atoms with Gasteiger partial charge >= 0.3 is 22.1 Å². The minimum Gasteiger partial charge on any atom is -0.461 e. The summed E-state index contributed by atoms with van der Waals surface area (Å²) in [5.74, 6) is -1.05. The van der Waals surface area contributed by atoms with Crippen molar-refractivity contribution in [3.8, 4) is 5.75 Å². The molecule has 0 aliphatic heterocycles. The van der Waals surface area contributed by atoms with Gasteiger partial charge in [0.25, 0.3) is 0 Å². The van der Waals surface area contributed by atoms with Crippen LogP contribution >= 0.6 is 0 Å². The van der Waals surface area contributed by atoms with E-state index in [0.29, 0.717) is 10.9 Å². The molecule has 0 unspecified atom stereocenters. The number of hydrogen-bond acceptors (Lipinski definition) is 7. The highest BCUT2D eigenvalue weighted by atomic mass is 32.2. The van der Waals surface area contributed by atoms with Gasteiger partial charge in [-0.15, -0.1) is 0 Å². The van der Waals surface area contributed by atoms with E-state index in [2.05, 4.69) is 0 Å². The number of aromatic nitrogens is 1. The molecular weight excluding hydrogens is 446 g/mol. The van der Waals surface area contributed by atoms with Gasteiger partial charge in [0.2, 0.25) is 0 Å². The fraction of sp³-hybridized carbons (Fsp3) is 0.333. The van der Waals surface area contributed by atoms with Gasteiger partial charge in [0.1, 0.15) is 28.5 Å². The number of hydrogen-bond donors (Lipinski definition) is 0. The molecule has 0 radical (unpaired) electrons. The largest absolute Gasteiger partial charge is 0.461 e. The average molecular weight is 474 g/mol. The van der Waals surface area contributed by atoms with Crippen LogP contribution in [0.15, 0.2) is 53.4 Å². The lowest BCUT2D eigenvalue weighted by atomic mass is 10.2. The van der Waals surface area contributed by atoms with Crippen LogP contribution in [0.25, 0.3) is 10.9 Å². The van der Waals surface area contributed by atoms with Crippen LogP contribution in [0.5, 0.6) is 5.75 Å². The standard InChI is InChI=1S/C24H27NO7S/c1-6-30-23(27)21-14-17-13-18(32-33(28,29)19-10-7-16(2)8-11-19)9-12-20(17)25(21)15-22(26)31-24(3,4)5/h7-14H,6,15H2,1-5H3. The van der Waals surface area contributed by atoms with Crippen molar-refractivity contribution in [1.82, 2.24) is 4.57 Å². The van der Waals surface area contributed by atoms with Crippen LogP contribution in [0.2, 0.25) is 0 Å². The molecule has 0 atom stereocenters. The summed E-state index contributed by atoms with van der Waals surface area (Å²) in [5, 5.41) is 0.512. The fourth-order valence-corrected chi connectivity index (χ4v) is 4.15. The molecule has 9 heteroatoms. The molecule has 0 fully saturated rings. The molecule has 0 aliphatic carbocycles. The van der Waals surface area contributed by atoms with Gasteiger partial charge < -0.3 is 18.2 Å². The summed E-state index contributed by atoms with van der Waals surface area (Å²) in [6.07, 6.45) is 0. The second-order valence-electron chi connectivity index (χ2n) is 8.49. The lowest BCUT2D eigenvalue weighted by Crippen LogP contribution is -2.27. The summed E-state index contributed by atoms with van der Waals surface area (Å²) >= 11 is 0. The number of carbonyl (C=O) groups is 2. The lowest BCUT2D eigenvalue weighted by molar-refractivity contribution is -0.155. The molecule has 33 heavy (non-hydrogen) atoms. The Kier molecular flexibility index (Phi) is 6.83. The van der Waals surface area contributed by atoms with E-state index in [0.717, 1.165) is 5.56 Å². The zero-order valence-corrected chi connectivity index (χ0v) is 20.1. The zero-order chi connectivity index (χ0) is 24.4. The number of benzene rings is 2. The number of esters is 2. The van der Waals surface area contributed by atoms with Gasteiger partial charge in [-0.25, -0.2) is 4.79 Å². The first-order valence-electron chi connectivity index (χ1n) is 10.4. The fourth-order valence-electron chi connectivity index (χ4n) is 3.23. The van der Waals surface area contributed by atoms with E-state index in [1.807, 2.05) is 6.92 Å². The van der Waals surface area contributed by atoms with Crippen LogP contribution in [0.4, 0.5) is 0 Å². The molecule has 0 saturated heterocycles. The van der Waals surface area contributed by atoms with Gasteiger partial charge in [0.05, 0.1) is 6.61 Å².